The zero-order chi connectivity index (χ0) is 4.12. The second-order valence-corrected chi connectivity index (χ2v) is 0.598. The van der Waals surface area contributed by atoms with Crippen LogP contribution in [0.1, 0.15) is 0 Å². The molecule has 0 spiro atoms. The van der Waals surface area contributed by atoms with Crippen LogP contribution in [-0.2, 0) is 4.84 Å². The van der Waals surface area contributed by atoms with E-state index in [-0.39, 0.29) is 13.2 Å². The van der Waals surface area contributed by atoms with E-state index in [1.165, 1.54) is 0 Å². The average molecular weight is 74.1 g/mol. The lowest BCUT2D eigenvalue weighted by molar-refractivity contribution is 0.125. The third-order valence-corrected chi connectivity index (χ3v) is 0.204. The Balaban J connectivity index is 2.19. The first-order valence-electron chi connectivity index (χ1n) is 1.35. The highest BCUT2D eigenvalue weighted by Crippen LogP contribution is 1.53. The highest BCUT2D eigenvalue weighted by Gasteiger charge is 1.68. The van der Waals surface area contributed by atoms with E-state index in [1.807, 2.05) is 0 Å². The van der Waals surface area contributed by atoms with Gasteiger partial charge in [0.2, 0.25) is 0 Å². The van der Waals surface area contributed by atoms with Crippen LogP contribution < -0.4 is 11.6 Å². The van der Waals surface area contributed by atoms with Crippen molar-refractivity contribution in [3.8, 4) is 0 Å². The number of nitrogens with one attached hydrogen (secondary N) is 2. The zero-order valence-electron chi connectivity index (χ0n) is 2.82. The van der Waals surface area contributed by atoms with Crippen LogP contribution in [0.4, 0.5) is 0 Å². The van der Waals surface area contributed by atoms with Crippen molar-refractivity contribution in [3.63, 3.8) is 0 Å². The Morgan fingerprint density at radius 2 is 2.20 bits per heavy atom. The van der Waals surface area contributed by atoms with E-state index in [0.29, 0.717) is 0 Å². The predicted octanol–water partition coefficient (Wildman–Crippen LogP) is -0.516. The Bertz CT molecular complexity index is 15.1. The summed E-state index contributed by atoms with van der Waals surface area (Å²) in [6.45, 7) is 0.406. The fraction of sp³-hybridized carbons (Fsp3) is 1.00. The Morgan fingerprint density at radius 3 is 2.20 bits per heavy atom. The molecule has 0 aromatic rings. The summed E-state index contributed by atoms with van der Waals surface area (Å²) in [5, 5.41) is 0. The van der Waals surface area contributed by atoms with E-state index in [2.05, 4.69) is 4.84 Å². The molecule has 0 amide bonds. The molecule has 0 aliphatic rings. The number of rotatable bonds is 2. The highest BCUT2D eigenvalue weighted by atomic mass is 16.6. The van der Waals surface area contributed by atoms with Gasteiger partial charge in [-0.1, -0.05) is 0 Å². The van der Waals surface area contributed by atoms with E-state index in [4.69, 9.17) is 11.6 Å². The zero-order valence-corrected chi connectivity index (χ0v) is 2.82. The van der Waals surface area contributed by atoms with Gasteiger partial charge in [0.1, 0.15) is 0 Å². The Labute approximate surface area is 30.9 Å². The second kappa shape index (κ2) is 3.88. The van der Waals surface area contributed by atoms with Crippen molar-refractivity contribution in [3.05, 3.63) is 0 Å². The maximum atomic E-state index is 6.36. The molecule has 0 saturated carbocycles. The van der Waals surface area contributed by atoms with Crippen LogP contribution in [0.15, 0.2) is 0 Å². The molecule has 0 atom stereocenters. The molecule has 0 fully saturated rings. The molecule has 0 heterocycles. The fourth-order valence-corrected chi connectivity index (χ4v) is 0.0510. The molecule has 0 aromatic carbocycles. The van der Waals surface area contributed by atoms with Crippen LogP contribution >= 0.6 is 0 Å². The van der Waals surface area contributed by atoms with E-state index in [9.17, 15) is 0 Å². The van der Waals surface area contributed by atoms with Crippen LogP contribution in [-0.4, -0.2) is 13.2 Å². The summed E-state index contributed by atoms with van der Waals surface area (Å²) in [6.07, 6.45) is 0. The van der Waals surface area contributed by atoms with Gasteiger partial charge in [-0.3, -0.25) is 10.6 Å². The van der Waals surface area contributed by atoms with Gasteiger partial charge in [0.15, 0.2) is 0 Å². The van der Waals surface area contributed by atoms with E-state index in [0.717, 1.165) is 0 Å². The van der Waals surface area contributed by atoms with Crippen molar-refractivity contribution >= 4 is 0 Å². The first-order valence-corrected chi connectivity index (χ1v) is 1.35. The average Bonchev–Trinajstić information content (AvgIpc) is 1.41. The quantitative estimate of drug-likeness (QED) is 0.407. The van der Waals surface area contributed by atoms with E-state index in [1.54, 1.807) is 0 Å². The molecule has 0 aromatic heterocycles. The summed E-state index contributed by atoms with van der Waals surface area (Å²) in [6, 6.07) is 0. The lowest BCUT2D eigenvalue weighted by Gasteiger charge is -1.81. The number of hydrogen-bond acceptors (Lipinski definition) is 1. The SMILES string of the molecule is [NH]CCO[NH]. The monoisotopic (exact) mass is 74.0 g/mol. The van der Waals surface area contributed by atoms with Crippen LogP contribution in [0.2, 0.25) is 0 Å². The molecule has 0 aliphatic carbocycles. The smallest absolute Gasteiger partial charge is 0.0838 e. The third kappa shape index (κ3) is 3.88. The van der Waals surface area contributed by atoms with Crippen molar-refractivity contribution in [1.29, 1.82) is 0 Å². The first kappa shape index (κ1) is 4.88. The van der Waals surface area contributed by atoms with E-state index < -0.39 is 0 Å². The molecule has 0 rings (SSSR count). The largest absolute Gasteiger partial charge is 0.284 e. The number of hydrogen-bond donors (Lipinski definition) is 0. The molecule has 3 heteroatoms. The molecule has 2 N–H and O–H groups in total. The van der Waals surface area contributed by atoms with Gasteiger partial charge in [0.25, 0.3) is 0 Å². The fourth-order valence-electron chi connectivity index (χ4n) is 0.0510. The summed E-state index contributed by atoms with van der Waals surface area (Å²) < 4.78 is 0. The molecule has 0 unspecified atom stereocenters. The molecule has 5 heavy (non-hydrogen) atoms. The third-order valence-electron chi connectivity index (χ3n) is 0.204. The highest BCUT2D eigenvalue weighted by molar-refractivity contribution is 4.19. The molecular formula is C2H6N2O. The summed E-state index contributed by atoms with van der Waals surface area (Å²) in [5.74, 6) is 5.98. The lowest BCUT2D eigenvalue weighted by Crippen LogP contribution is -1.96. The first-order chi connectivity index (χ1) is 2.41. The predicted molar refractivity (Wildman–Crippen MR) is 17.0 cm³/mol. The summed E-state index contributed by atoms with van der Waals surface area (Å²) >= 11 is 0. The topological polar surface area (TPSA) is 56.8 Å². The molecule has 0 bridgehead atoms. The second-order valence-electron chi connectivity index (χ2n) is 0.598. The van der Waals surface area contributed by atoms with Crippen molar-refractivity contribution < 1.29 is 4.84 Å². The van der Waals surface area contributed by atoms with Crippen molar-refractivity contribution in [1.82, 2.24) is 11.6 Å². The van der Waals surface area contributed by atoms with Gasteiger partial charge in [-0.05, 0) is 0 Å². The maximum Gasteiger partial charge on any atom is 0.0838 e. The summed E-state index contributed by atoms with van der Waals surface area (Å²) in [5.41, 5.74) is 6.36. The summed E-state index contributed by atoms with van der Waals surface area (Å²) in [7, 11) is 0. The normalized spacial score (nSPS) is 8.40. The Kier molecular flexibility index (Phi) is 3.79. The Morgan fingerprint density at radius 1 is 1.60 bits per heavy atom. The molecular weight excluding hydrogens is 68.0 g/mol. The molecule has 2 radical (unpaired) electrons. The van der Waals surface area contributed by atoms with Crippen molar-refractivity contribution in [2.45, 2.75) is 0 Å². The van der Waals surface area contributed by atoms with Gasteiger partial charge in [0.05, 0.1) is 6.61 Å². The van der Waals surface area contributed by atoms with Crippen LogP contribution in [0.5, 0.6) is 0 Å². The minimum Gasteiger partial charge on any atom is -0.284 e. The maximum absolute atomic E-state index is 6.36. The minimum atomic E-state index is 0.184. The standard InChI is InChI=1S/C2H6N2O/c3-1-2-5-4/h3-4H,1-2H2. The van der Waals surface area contributed by atoms with Gasteiger partial charge in [-0.15, -0.1) is 5.90 Å². The molecule has 0 aliphatic heterocycles. The minimum absolute atomic E-state index is 0.184. The molecule has 3 nitrogen and oxygen atoms in total. The van der Waals surface area contributed by atoms with Gasteiger partial charge >= 0.3 is 0 Å². The van der Waals surface area contributed by atoms with E-state index >= 15 is 0 Å². The van der Waals surface area contributed by atoms with Crippen molar-refractivity contribution in [2.75, 3.05) is 13.2 Å². The van der Waals surface area contributed by atoms with Gasteiger partial charge in [-0.2, -0.15) is 0 Å². The van der Waals surface area contributed by atoms with Crippen LogP contribution in [0.25, 0.3) is 0 Å². The molecule has 0 saturated heterocycles. The van der Waals surface area contributed by atoms with Gasteiger partial charge in [0, 0.05) is 6.54 Å². The van der Waals surface area contributed by atoms with Crippen molar-refractivity contribution in [2.24, 2.45) is 0 Å². The van der Waals surface area contributed by atoms with Gasteiger partial charge < -0.3 is 0 Å². The Hall–Kier alpha value is -0.120. The summed E-state index contributed by atoms with van der Waals surface area (Å²) in [4.78, 5) is 3.75. The van der Waals surface area contributed by atoms with Crippen LogP contribution in [0, 0.1) is 0 Å². The lowest BCUT2D eigenvalue weighted by atomic mass is 10.8. The molecule has 30 valence electrons. The van der Waals surface area contributed by atoms with Gasteiger partial charge in [-0.25, -0.2) is 0 Å². The van der Waals surface area contributed by atoms with Crippen LogP contribution in [0.3, 0.4) is 0 Å².